The van der Waals surface area contributed by atoms with E-state index in [0.717, 1.165) is 0 Å². The highest BCUT2D eigenvalue weighted by molar-refractivity contribution is 6.02. The van der Waals surface area contributed by atoms with Crippen LogP contribution in [0.1, 0.15) is 22.2 Å². The summed E-state index contributed by atoms with van der Waals surface area (Å²) in [6.45, 7) is 0.317. The Morgan fingerprint density at radius 1 is 1.33 bits per heavy atom. The summed E-state index contributed by atoms with van der Waals surface area (Å²) in [6, 6.07) is 9.55. The molecule has 126 valence electrons. The number of morpholine rings is 1. The van der Waals surface area contributed by atoms with E-state index in [0.29, 0.717) is 11.3 Å². The van der Waals surface area contributed by atoms with Gasteiger partial charge in [0.2, 0.25) is 5.91 Å². The lowest BCUT2D eigenvalue weighted by Gasteiger charge is -2.35. The van der Waals surface area contributed by atoms with Crippen LogP contribution < -0.4 is 5.32 Å². The lowest BCUT2D eigenvalue weighted by Crippen LogP contribution is -2.49. The van der Waals surface area contributed by atoms with E-state index < -0.39 is 12.1 Å². The Morgan fingerprint density at radius 3 is 2.75 bits per heavy atom. The van der Waals surface area contributed by atoms with Gasteiger partial charge in [0.1, 0.15) is 12.7 Å². The summed E-state index contributed by atoms with van der Waals surface area (Å²) in [5.74, 6) is -0.287. The van der Waals surface area contributed by atoms with Gasteiger partial charge in [-0.15, -0.1) is 0 Å². The molecule has 24 heavy (non-hydrogen) atoms. The maximum Gasteiger partial charge on any atom is 0.291 e. The van der Waals surface area contributed by atoms with Crippen molar-refractivity contribution in [3.8, 4) is 0 Å². The number of nitrogens with zero attached hydrogens (tertiary/aromatic N) is 1. The van der Waals surface area contributed by atoms with Crippen LogP contribution in [0.25, 0.3) is 0 Å². The molecule has 1 aromatic heterocycles. The zero-order valence-corrected chi connectivity index (χ0v) is 13.1. The Balaban J connectivity index is 1.67. The maximum atomic E-state index is 11.9. The quantitative estimate of drug-likeness (QED) is 0.884. The number of likely N-dealkylation sites (N-methyl/N-ethyl adjacent to an activating group) is 1. The highest BCUT2D eigenvalue weighted by Gasteiger charge is 2.32. The number of furan rings is 1. The molecule has 0 saturated carbocycles. The molecular formula is C17H18N2O5. The lowest BCUT2D eigenvalue weighted by molar-refractivity contribution is -0.151. The van der Waals surface area contributed by atoms with Crippen LogP contribution >= 0.6 is 0 Å². The van der Waals surface area contributed by atoms with Crippen molar-refractivity contribution < 1.29 is 23.8 Å². The van der Waals surface area contributed by atoms with Crippen molar-refractivity contribution in [2.24, 2.45) is 0 Å². The van der Waals surface area contributed by atoms with Crippen LogP contribution in [0.2, 0.25) is 0 Å². The van der Waals surface area contributed by atoms with Crippen molar-refractivity contribution in [2.75, 3.05) is 25.6 Å². The molecule has 2 amide bonds. The first-order valence-corrected chi connectivity index (χ1v) is 7.52. The predicted octanol–water partition coefficient (Wildman–Crippen LogP) is 1.42. The second-order valence-electron chi connectivity index (χ2n) is 5.59. The van der Waals surface area contributed by atoms with Crippen LogP contribution in [0.15, 0.2) is 47.1 Å². The number of amides is 2. The molecule has 0 bridgehead atoms. The van der Waals surface area contributed by atoms with Crippen LogP contribution in [0.3, 0.4) is 0 Å². The zero-order valence-electron chi connectivity index (χ0n) is 13.1. The van der Waals surface area contributed by atoms with E-state index in [9.17, 15) is 14.7 Å². The Morgan fingerprint density at radius 2 is 2.08 bits per heavy atom. The minimum absolute atomic E-state index is 0.0392. The number of nitrogens with one attached hydrogen (secondary N) is 1. The summed E-state index contributed by atoms with van der Waals surface area (Å²) < 4.78 is 10.2. The van der Waals surface area contributed by atoms with Gasteiger partial charge in [-0.2, -0.15) is 0 Å². The summed E-state index contributed by atoms with van der Waals surface area (Å²) in [4.78, 5) is 25.1. The smallest absolute Gasteiger partial charge is 0.291 e. The second-order valence-corrected chi connectivity index (χ2v) is 5.59. The lowest BCUT2D eigenvalue weighted by atomic mass is 10.0. The number of aliphatic hydroxyl groups excluding tert-OH is 1. The zero-order chi connectivity index (χ0) is 17.1. The van der Waals surface area contributed by atoms with Crippen LogP contribution in [0.4, 0.5) is 5.69 Å². The molecule has 2 heterocycles. The molecule has 1 aliphatic heterocycles. The van der Waals surface area contributed by atoms with Crippen molar-refractivity contribution in [2.45, 2.75) is 12.1 Å². The van der Waals surface area contributed by atoms with E-state index in [4.69, 9.17) is 9.15 Å². The number of carbonyl (C=O) groups is 2. The van der Waals surface area contributed by atoms with Crippen LogP contribution in [0, 0.1) is 0 Å². The van der Waals surface area contributed by atoms with Gasteiger partial charge in [-0.3, -0.25) is 9.59 Å². The van der Waals surface area contributed by atoms with Gasteiger partial charge >= 0.3 is 0 Å². The van der Waals surface area contributed by atoms with Gasteiger partial charge in [0, 0.05) is 12.7 Å². The third-order valence-corrected chi connectivity index (χ3v) is 4.02. The second kappa shape index (κ2) is 6.86. The standard InChI is InChI=1S/C17H18N2O5/c1-19-13(9-23-10-15(19)20)16(21)11-4-6-12(7-5-11)18-17(22)14-3-2-8-24-14/h2-8,13,16,21H,9-10H2,1H3,(H,18,22)/t13-,16-/m1/s1. The van der Waals surface area contributed by atoms with E-state index in [2.05, 4.69) is 5.32 Å². The summed E-state index contributed by atoms with van der Waals surface area (Å²) in [7, 11) is 1.65. The van der Waals surface area contributed by atoms with Gasteiger partial charge in [-0.1, -0.05) is 12.1 Å². The van der Waals surface area contributed by atoms with E-state index in [1.54, 1.807) is 43.4 Å². The molecule has 3 rings (SSSR count). The molecule has 0 aliphatic carbocycles. The summed E-state index contributed by atoms with van der Waals surface area (Å²) in [5, 5.41) is 13.2. The van der Waals surface area contributed by atoms with Gasteiger partial charge in [0.05, 0.1) is 18.9 Å². The third-order valence-electron chi connectivity index (χ3n) is 4.02. The molecule has 0 radical (unpaired) electrons. The van der Waals surface area contributed by atoms with Crippen molar-refractivity contribution >= 4 is 17.5 Å². The first kappa shape index (κ1) is 16.2. The molecule has 2 N–H and O–H groups in total. The summed E-state index contributed by atoms with van der Waals surface area (Å²) in [6.07, 6.45) is 0.562. The maximum absolute atomic E-state index is 11.9. The number of hydrogen-bond donors (Lipinski definition) is 2. The van der Waals surface area contributed by atoms with Gasteiger partial charge < -0.3 is 24.5 Å². The number of aliphatic hydroxyl groups is 1. The SMILES string of the molecule is CN1C(=O)COC[C@@H]1[C@H](O)c1ccc(NC(=O)c2ccco2)cc1. The highest BCUT2D eigenvalue weighted by Crippen LogP contribution is 2.24. The Labute approximate surface area is 138 Å². The molecule has 1 aliphatic rings. The molecular weight excluding hydrogens is 312 g/mol. The fourth-order valence-electron chi connectivity index (χ4n) is 2.55. The van der Waals surface area contributed by atoms with E-state index in [1.807, 2.05) is 0 Å². The normalized spacial score (nSPS) is 19.2. The average Bonchev–Trinajstić information content (AvgIpc) is 3.12. The molecule has 2 atom stereocenters. The van der Waals surface area contributed by atoms with E-state index in [-0.39, 0.29) is 30.8 Å². The van der Waals surface area contributed by atoms with Crippen molar-refractivity contribution in [1.82, 2.24) is 4.90 Å². The first-order valence-electron chi connectivity index (χ1n) is 7.52. The number of ether oxygens (including phenoxy) is 1. The molecule has 1 aromatic carbocycles. The van der Waals surface area contributed by atoms with Gasteiger partial charge in [-0.25, -0.2) is 0 Å². The fourth-order valence-corrected chi connectivity index (χ4v) is 2.55. The minimum atomic E-state index is -0.867. The van der Waals surface area contributed by atoms with Crippen LogP contribution in [-0.2, 0) is 9.53 Å². The Hall–Kier alpha value is -2.64. The number of anilines is 1. The van der Waals surface area contributed by atoms with Crippen LogP contribution in [-0.4, -0.2) is 48.1 Å². The Bertz CT molecular complexity index is 711. The number of carbonyl (C=O) groups excluding carboxylic acids is 2. The van der Waals surface area contributed by atoms with E-state index >= 15 is 0 Å². The van der Waals surface area contributed by atoms with Gasteiger partial charge in [0.25, 0.3) is 5.91 Å². The molecule has 0 spiro atoms. The number of rotatable bonds is 4. The fraction of sp³-hybridized carbons (Fsp3) is 0.294. The molecule has 1 saturated heterocycles. The highest BCUT2D eigenvalue weighted by atomic mass is 16.5. The van der Waals surface area contributed by atoms with Crippen molar-refractivity contribution in [1.29, 1.82) is 0 Å². The van der Waals surface area contributed by atoms with Crippen LogP contribution in [0.5, 0.6) is 0 Å². The molecule has 1 fully saturated rings. The van der Waals surface area contributed by atoms with E-state index in [1.165, 1.54) is 11.2 Å². The molecule has 2 aromatic rings. The predicted molar refractivity (Wildman–Crippen MR) is 85.4 cm³/mol. The number of benzene rings is 1. The molecule has 7 heteroatoms. The third kappa shape index (κ3) is 3.32. The number of hydrogen-bond acceptors (Lipinski definition) is 5. The molecule has 7 nitrogen and oxygen atoms in total. The first-order chi connectivity index (χ1) is 11.6. The Kier molecular flexibility index (Phi) is 4.64. The monoisotopic (exact) mass is 330 g/mol. The largest absolute Gasteiger partial charge is 0.459 e. The average molecular weight is 330 g/mol. The van der Waals surface area contributed by atoms with Gasteiger partial charge in [-0.05, 0) is 29.8 Å². The molecule has 0 unspecified atom stereocenters. The summed E-state index contributed by atoms with van der Waals surface area (Å²) in [5.41, 5.74) is 1.22. The van der Waals surface area contributed by atoms with Crippen molar-refractivity contribution in [3.05, 3.63) is 54.0 Å². The summed E-state index contributed by atoms with van der Waals surface area (Å²) >= 11 is 0. The van der Waals surface area contributed by atoms with Crippen molar-refractivity contribution in [3.63, 3.8) is 0 Å². The topological polar surface area (TPSA) is 92.0 Å². The minimum Gasteiger partial charge on any atom is -0.459 e. The van der Waals surface area contributed by atoms with Gasteiger partial charge in [0.15, 0.2) is 5.76 Å².